The Morgan fingerprint density at radius 1 is 1.17 bits per heavy atom. The first kappa shape index (κ1) is 16.5. The lowest BCUT2D eigenvalue weighted by atomic mass is 10.2. The van der Waals surface area contributed by atoms with E-state index in [-0.39, 0.29) is 23.9 Å². The quantitative estimate of drug-likeness (QED) is 0.823. The van der Waals surface area contributed by atoms with E-state index in [0.717, 1.165) is 5.56 Å². The van der Waals surface area contributed by atoms with Gasteiger partial charge in [0.1, 0.15) is 11.4 Å². The van der Waals surface area contributed by atoms with Gasteiger partial charge in [0.2, 0.25) is 0 Å². The van der Waals surface area contributed by atoms with E-state index in [0.29, 0.717) is 13.1 Å². The summed E-state index contributed by atoms with van der Waals surface area (Å²) in [6.45, 7) is 2.55. The Morgan fingerprint density at radius 2 is 1.91 bits per heavy atom. The highest BCUT2D eigenvalue weighted by molar-refractivity contribution is 5.95. The standard InChI is InChI=1S/C17H19N3O3/c1-2-20(11-13-7-4-3-5-8-13)15(21)12-23-17(22)14-9-6-10-19-16(14)18/h3-10H,2,11-12H2,1H3,(H2,18,19). The lowest BCUT2D eigenvalue weighted by molar-refractivity contribution is -0.134. The van der Waals surface area contributed by atoms with Crippen LogP contribution in [-0.2, 0) is 16.1 Å². The molecule has 0 atom stereocenters. The second-order valence-electron chi connectivity index (χ2n) is 4.91. The third-order valence-electron chi connectivity index (χ3n) is 3.34. The van der Waals surface area contributed by atoms with Gasteiger partial charge in [-0.3, -0.25) is 4.79 Å². The fourth-order valence-corrected chi connectivity index (χ4v) is 2.07. The second-order valence-corrected chi connectivity index (χ2v) is 4.91. The number of aromatic nitrogens is 1. The van der Waals surface area contributed by atoms with Crippen LogP contribution in [0.15, 0.2) is 48.7 Å². The number of esters is 1. The zero-order valence-corrected chi connectivity index (χ0v) is 12.9. The van der Waals surface area contributed by atoms with Crippen LogP contribution in [0.25, 0.3) is 0 Å². The minimum atomic E-state index is -0.653. The smallest absolute Gasteiger partial charge is 0.342 e. The third-order valence-corrected chi connectivity index (χ3v) is 3.34. The summed E-state index contributed by atoms with van der Waals surface area (Å²) in [6, 6.07) is 12.7. The van der Waals surface area contributed by atoms with Gasteiger partial charge in [-0.1, -0.05) is 30.3 Å². The van der Waals surface area contributed by atoms with Crippen LogP contribution >= 0.6 is 0 Å². The molecule has 1 heterocycles. The van der Waals surface area contributed by atoms with Crippen LogP contribution in [0, 0.1) is 0 Å². The number of pyridine rings is 1. The summed E-state index contributed by atoms with van der Waals surface area (Å²) >= 11 is 0. The maximum Gasteiger partial charge on any atom is 0.342 e. The maximum atomic E-state index is 12.2. The molecule has 0 unspecified atom stereocenters. The Morgan fingerprint density at radius 3 is 2.57 bits per heavy atom. The van der Waals surface area contributed by atoms with Crippen molar-refractivity contribution in [1.29, 1.82) is 0 Å². The SMILES string of the molecule is CCN(Cc1ccccc1)C(=O)COC(=O)c1cccnc1N. The minimum absolute atomic E-state index is 0.0848. The molecule has 6 heteroatoms. The second kappa shape index (κ2) is 7.93. The largest absolute Gasteiger partial charge is 0.452 e. The van der Waals surface area contributed by atoms with Gasteiger partial charge in [0.25, 0.3) is 5.91 Å². The van der Waals surface area contributed by atoms with Crippen molar-refractivity contribution in [2.24, 2.45) is 0 Å². The number of benzene rings is 1. The van der Waals surface area contributed by atoms with Crippen LogP contribution in [0.2, 0.25) is 0 Å². The van der Waals surface area contributed by atoms with Gasteiger partial charge in [-0.05, 0) is 24.6 Å². The topological polar surface area (TPSA) is 85.5 Å². The molecule has 0 saturated heterocycles. The Kier molecular flexibility index (Phi) is 5.68. The number of nitrogens with zero attached hydrogens (tertiary/aromatic N) is 2. The summed E-state index contributed by atoms with van der Waals surface area (Å²) < 4.78 is 5.04. The molecule has 120 valence electrons. The Balaban J connectivity index is 1.92. The highest BCUT2D eigenvalue weighted by atomic mass is 16.5. The molecule has 0 aliphatic carbocycles. The van der Waals surface area contributed by atoms with Gasteiger partial charge in [0, 0.05) is 19.3 Å². The molecule has 1 amide bonds. The first-order chi connectivity index (χ1) is 11.1. The number of likely N-dealkylation sites (N-methyl/N-ethyl adjacent to an activating group) is 1. The van der Waals surface area contributed by atoms with E-state index in [1.807, 2.05) is 37.3 Å². The molecule has 2 N–H and O–H groups in total. The molecule has 23 heavy (non-hydrogen) atoms. The Hall–Kier alpha value is -2.89. The molecular formula is C17H19N3O3. The number of hydrogen-bond acceptors (Lipinski definition) is 5. The number of carbonyl (C=O) groups excluding carboxylic acids is 2. The van der Waals surface area contributed by atoms with Crippen LogP contribution in [0.3, 0.4) is 0 Å². The normalized spacial score (nSPS) is 10.1. The minimum Gasteiger partial charge on any atom is -0.452 e. The molecule has 2 rings (SSSR count). The summed E-state index contributed by atoms with van der Waals surface area (Å²) in [5.41, 5.74) is 6.79. The maximum absolute atomic E-state index is 12.2. The number of amides is 1. The predicted molar refractivity (Wildman–Crippen MR) is 86.5 cm³/mol. The molecule has 6 nitrogen and oxygen atoms in total. The Bertz CT molecular complexity index is 674. The fourth-order valence-electron chi connectivity index (χ4n) is 2.07. The number of carbonyl (C=O) groups is 2. The van der Waals surface area contributed by atoms with Gasteiger partial charge in [-0.2, -0.15) is 0 Å². The molecule has 1 aromatic heterocycles. The highest BCUT2D eigenvalue weighted by Gasteiger charge is 2.17. The van der Waals surface area contributed by atoms with Crippen LogP contribution in [0.4, 0.5) is 5.82 Å². The van der Waals surface area contributed by atoms with Crippen LogP contribution in [-0.4, -0.2) is 34.9 Å². The molecule has 0 bridgehead atoms. The number of nitrogen functional groups attached to an aromatic ring is 1. The van der Waals surface area contributed by atoms with E-state index in [2.05, 4.69) is 4.98 Å². The molecule has 0 spiro atoms. The molecule has 0 radical (unpaired) electrons. The van der Waals surface area contributed by atoms with Crippen LogP contribution < -0.4 is 5.73 Å². The van der Waals surface area contributed by atoms with Crippen molar-refractivity contribution in [2.45, 2.75) is 13.5 Å². The van der Waals surface area contributed by atoms with Gasteiger partial charge >= 0.3 is 5.97 Å². The first-order valence-electron chi connectivity index (χ1n) is 7.31. The zero-order valence-electron chi connectivity index (χ0n) is 12.9. The van der Waals surface area contributed by atoms with E-state index < -0.39 is 5.97 Å². The predicted octanol–water partition coefficient (Wildman–Crippen LogP) is 1.87. The van der Waals surface area contributed by atoms with Gasteiger partial charge in [0.15, 0.2) is 6.61 Å². The molecule has 1 aromatic carbocycles. The molecular weight excluding hydrogens is 294 g/mol. The average molecular weight is 313 g/mol. The average Bonchev–Trinajstić information content (AvgIpc) is 2.58. The van der Waals surface area contributed by atoms with Crippen molar-refractivity contribution in [3.63, 3.8) is 0 Å². The molecule has 2 aromatic rings. The summed E-state index contributed by atoms with van der Waals surface area (Å²) in [6.07, 6.45) is 1.48. The van der Waals surface area contributed by atoms with Crippen LogP contribution in [0.5, 0.6) is 0 Å². The van der Waals surface area contributed by atoms with Gasteiger partial charge < -0.3 is 15.4 Å². The van der Waals surface area contributed by atoms with Crippen molar-refractivity contribution in [1.82, 2.24) is 9.88 Å². The van der Waals surface area contributed by atoms with Gasteiger partial charge in [-0.25, -0.2) is 9.78 Å². The Labute approximate surface area is 134 Å². The first-order valence-corrected chi connectivity index (χ1v) is 7.31. The van der Waals surface area contributed by atoms with Crippen molar-refractivity contribution in [3.05, 3.63) is 59.8 Å². The monoisotopic (exact) mass is 313 g/mol. The number of ether oxygens (including phenoxy) is 1. The van der Waals surface area contributed by atoms with Crippen molar-refractivity contribution >= 4 is 17.7 Å². The van der Waals surface area contributed by atoms with Crippen LogP contribution in [0.1, 0.15) is 22.8 Å². The number of rotatable bonds is 6. The fraction of sp³-hybridized carbons (Fsp3) is 0.235. The molecule has 0 aliphatic heterocycles. The number of anilines is 1. The van der Waals surface area contributed by atoms with E-state index in [1.165, 1.54) is 12.3 Å². The highest BCUT2D eigenvalue weighted by Crippen LogP contribution is 2.09. The lowest BCUT2D eigenvalue weighted by Gasteiger charge is -2.20. The number of hydrogen-bond donors (Lipinski definition) is 1. The summed E-state index contributed by atoms with van der Waals surface area (Å²) in [5, 5.41) is 0. The number of nitrogens with two attached hydrogens (primary N) is 1. The molecule has 0 fully saturated rings. The zero-order chi connectivity index (χ0) is 16.7. The summed E-state index contributed by atoms with van der Waals surface area (Å²) in [5.74, 6) is -0.825. The summed E-state index contributed by atoms with van der Waals surface area (Å²) in [4.78, 5) is 29.6. The van der Waals surface area contributed by atoms with Crippen molar-refractivity contribution < 1.29 is 14.3 Å². The summed E-state index contributed by atoms with van der Waals surface area (Å²) in [7, 11) is 0. The van der Waals surface area contributed by atoms with Crippen molar-refractivity contribution in [2.75, 3.05) is 18.9 Å². The molecule has 0 aliphatic rings. The van der Waals surface area contributed by atoms with E-state index in [1.54, 1.807) is 11.0 Å². The third kappa shape index (κ3) is 4.54. The molecule has 0 saturated carbocycles. The van der Waals surface area contributed by atoms with Gasteiger partial charge in [-0.15, -0.1) is 0 Å². The van der Waals surface area contributed by atoms with E-state index in [4.69, 9.17) is 10.5 Å². The van der Waals surface area contributed by atoms with Crippen molar-refractivity contribution in [3.8, 4) is 0 Å². The van der Waals surface area contributed by atoms with E-state index >= 15 is 0 Å². The van der Waals surface area contributed by atoms with Gasteiger partial charge in [0.05, 0.1) is 0 Å². The van der Waals surface area contributed by atoms with E-state index in [9.17, 15) is 9.59 Å². The lowest BCUT2D eigenvalue weighted by Crippen LogP contribution is -2.34.